The second-order valence-electron chi connectivity index (χ2n) is 7.54. The smallest absolute Gasteiger partial charge is 0.193 e. The van der Waals surface area contributed by atoms with Crippen molar-refractivity contribution in [1.29, 1.82) is 0 Å². The van der Waals surface area contributed by atoms with Gasteiger partial charge in [0.05, 0.1) is 0 Å². The minimum absolute atomic E-state index is 0.0199. The van der Waals surface area contributed by atoms with E-state index in [1.54, 1.807) is 0 Å². The summed E-state index contributed by atoms with van der Waals surface area (Å²) in [4.78, 5) is 13.2. The van der Waals surface area contributed by atoms with Crippen LogP contribution in [0.25, 0.3) is 0 Å². The van der Waals surface area contributed by atoms with Crippen molar-refractivity contribution in [2.75, 3.05) is 5.73 Å². The van der Waals surface area contributed by atoms with Crippen molar-refractivity contribution in [3.05, 3.63) is 94.0 Å². The zero-order chi connectivity index (χ0) is 20.3. The van der Waals surface area contributed by atoms with Crippen LogP contribution in [0.2, 0.25) is 0 Å². The van der Waals surface area contributed by atoms with E-state index in [9.17, 15) is 4.79 Å². The topological polar surface area (TPSA) is 52.3 Å². The van der Waals surface area contributed by atoms with Crippen molar-refractivity contribution in [3.8, 4) is 5.75 Å². The molecule has 0 spiro atoms. The minimum Gasteiger partial charge on any atom is -0.489 e. The average molecular weight is 373 g/mol. The van der Waals surface area contributed by atoms with Gasteiger partial charge >= 0.3 is 0 Å². The Balaban J connectivity index is 1.91. The van der Waals surface area contributed by atoms with Gasteiger partial charge in [0.15, 0.2) is 5.78 Å². The van der Waals surface area contributed by atoms with Gasteiger partial charge in [-0.15, -0.1) is 0 Å². The molecule has 0 saturated heterocycles. The van der Waals surface area contributed by atoms with Crippen LogP contribution in [0.1, 0.15) is 57.9 Å². The summed E-state index contributed by atoms with van der Waals surface area (Å²) >= 11 is 0. The number of ketones is 1. The number of rotatable bonds is 6. The van der Waals surface area contributed by atoms with E-state index in [-0.39, 0.29) is 11.7 Å². The number of carbonyl (C=O) groups excluding carboxylic acids is 1. The van der Waals surface area contributed by atoms with E-state index in [0.717, 1.165) is 33.6 Å². The van der Waals surface area contributed by atoms with Crippen LogP contribution in [-0.4, -0.2) is 5.78 Å². The Labute approximate surface area is 167 Å². The van der Waals surface area contributed by atoms with E-state index in [4.69, 9.17) is 10.5 Å². The molecule has 0 aromatic heterocycles. The van der Waals surface area contributed by atoms with Crippen molar-refractivity contribution in [1.82, 2.24) is 0 Å². The third-order valence-corrected chi connectivity index (χ3v) is 4.91. The summed E-state index contributed by atoms with van der Waals surface area (Å²) in [7, 11) is 0. The zero-order valence-electron chi connectivity index (χ0n) is 17.0. The van der Waals surface area contributed by atoms with Gasteiger partial charge in [0, 0.05) is 16.8 Å². The lowest BCUT2D eigenvalue weighted by molar-refractivity contribution is 0.103. The molecule has 3 aromatic rings. The maximum absolute atomic E-state index is 13.2. The molecule has 0 aliphatic carbocycles. The quantitative estimate of drug-likeness (QED) is 0.437. The van der Waals surface area contributed by atoms with Gasteiger partial charge in [-0.2, -0.15) is 0 Å². The van der Waals surface area contributed by atoms with Crippen molar-refractivity contribution in [2.45, 2.75) is 40.2 Å². The Hall–Kier alpha value is -3.07. The number of carbonyl (C=O) groups is 1. The summed E-state index contributed by atoms with van der Waals surface area (Å²) in [6, 6.07) is 19.5. The zero-order valence-corrected chi connectivity index (χ0v) is 17.0. The van der Waals surface area contributed by atoms with Crippen LogP contribution >= 0.6 is 0 Å². The van der Waals surface area contributed by atoms with Crippen LogP contribution in [0.4, 0.5) is 5.69 Å². The molecule has 0 heterocycles. The Morgan fingerprint density at radius 1 is 0.964 bits per heavy atom. The van der Waals surface area contributed by atoms with Gasteiger partial charge in [0.1, 0.15) is 12.4 Å². The van der Waals surface area contributed by atoms with Crippen LogP contribution in [0.15, 0.2) is 60.7 Å². The highest BCUT2D eigenvalue weighted by Crippen LogP contribution is 2.30. The molecule has 28 heavy (non-hydrogen) atoms. The van der Waals surface area contributed by atoms with E-state index in [1.165, 1.54) is 0 Å². The van der Waals surface area contributed by atoms with Gasteiger partial charge in [-0.3, -0.25) is 4.79 Å². The number of hydrogen-bond donors (Lipinski definition) is 1. The van der Waals surface area contributed by atoms with Gasteiger partial charge in [0.25, 0.3) is 0 Å². The second kappa shape index (κ2) is 8.30. The monoisotopic (exact) mass is 373 g/mol. The number of nitrogen functional groups attached to an aromatic ring is 1. The summed E-state index contributed by atoms with van der Waals surface area (Å²) in [5.74, 6) is 1.08. The summed E-state index contributed by atoms with van der Waals surface area (Å²) < 4.78 is 6.06. The molecule has 0 aliphatic rings. The van der Waals surface area contributed by atoms with E-state index >= 15 is 0 Å². The SMILES string of the molecule is Cc1cc(N)cc(C)c1C(=O)c1ccc(OCc2ccccc2)c(C(C)C)c1. The molecule has 0 unspecified atom stereocenters. The van der Waals surface area contributed by atoms with Crippen molar-refractivity contribution in [2.24, 2.45) is 0 Å². The van der Waals surface area contributed by atoms with Crippen LogP contribution in [-0.2, 0) is 6.61 Å². The van der Waals surface area contributed by atoms with Crippen LogP contribution in [0.5, 0.6) is 5.75 Å². The lowest BCUT2D eigenvalue weighted by Crippen LogP contribution is -2.09. The predicted octanol–water partition coefficient (Wildman–Crippen LogP) is 5.82. The number of hydrogen-bond acceptors (Lipinski definition) is 3. The molecule has 0 aliphatic heterocycles. The molecule has 3 heteroatoms. The maximum Gasteiger partial charge on any atom is 0.193 e. The molecule has 3 nitrogen and oxygen atoms in total. The Bertz CT molecular complexity index is 968. The largest absolute Gasteiger partial charge is 0.489 e. The van der Waals surface area contributed by atoms with Crippen molar-refractivity contribution < 1.29 is 9.53 Å². The highest BCUT2D eigenvalue weighted by atomic mass is 16.5. The summed E-state index contributed by atoms with van der Waals surface area (Å²) in [6.45, 7) is 8.58. The standard InChI is InChI=1S/C25H27NO2/c1-16(2)22-14-20(25(27)24-17(3)12-21(26)13-18(24)4)10-11-23(22)28-15-19-8-6-5-7-9-19/h5-14,16H,15,26H2,1-4H3. The number of nitrogens with two attached hydrogens (primary N) is 1. The first-order valence-electron chi connectivity index (χ1n) is 9.59. The molecule has 0 atom stereocenters. The van der Waals surface area contributed by atoms with Crippen LogP contribution in [0, 0.1) is 13.8 Å². The lowest BCUT2D eigenvalue weighted by Gasteiger charge is -2.16. The number of benzene rings is 3. The van der Waals surface area contributed by atoms with E-state index in [1.807, 2.05) is 74.5 Å². The highest BCUT2D eigenvalue weighted by molar-refractivity contribution is 6.11. The van der Waals surface area contributed by atoms with Gasteiger partial charge in [-0.1, -0.05) is 44.2 Å². The first kappa shape index (κ1) is 19.7. The van der Waals surface area contributed by atoms with E-state index in [0.29, 0.717) is 17.9 Å². The average Bonchev–Trinajstić information content (AvgIpc) is 2.66. The molecule has 0 radical (unpaired) electrons. The van der Waals surface area contributed by atoms with Gasteiger partial charge in [0.2, 0.25) is 0 Å². The third kappa shape index (κ3) is 4.25. The lowest BCUT2D eigenvalue weighted by atomic mass is 9.91. The molecule has 0 bridgehead atoms. The summed E-state index contributed by atoms with van der Waals surface area (Å²) in [6.07, 6.45) is 0. The third-order valence-electron chi connectivity index (χ3n) is 4.91. The predicted molar refractivity (Wildman–Crippen MR) is 115 cm³/mol. The van der Waals surface area contributed by atoms with Crippen LogP contribution in [0.3, 0.4) is 0 Å². The normalized spacial score (nSPS) is 10.9. The fourth-order valence-electron chi connectivity index (χ4n) is 3.51. The van der Waals surface area contributed by atoms with E-state index < -0.39 is 0 Å². The van der Waals surface area contributed by atoms with Gasteiger partial charge in [-0.05, 0) is 72.4 Å². The molecular formula is C25H27NO2. The van der Waals surface area contributed by atoms with Gasteiger partial charge in [-0.25, -0.2) is 0 Å². The Morgan fingerprint density at radius 3 is 2.21 bits per heavy atom. The second-order valence-corrected chi connectivity index (χ2v) is 7.54. The first-order chi connectivity index (χ1) is 13.4. The molecule has 3 aromatic carbocycles. The molecule has 0 fully saturated rings. The number of anilines is 1. The van der Waals surface area contributed by atoms with Crippen molar-refractivity contribution >= 4 is 11.5 Å². The number of aryl methyl sites for hydroxylation is 2. The summed E-state index contributed by atoms with van der Waals surface area (Å²) in [5.41, 5.74) is 11.9. The molecule has 0 amide bonds. The fraction of sp³-hybridized carbons (Fsp3) is 0.240. The fourth-order valence-corrected chi connectivity index (χ4v) is 3.51. The molecular weight excluding hydrogens is 346 g/mol. The molecule has 3 rings (SSSR count). The van der Waals surface area contributed by atoms with Gasteiger partial charge < -0.3 is 10.5 Å². The molecule has 2 N–H and O–H groups in total. The maximum atomic E-state index is 13.2. The summed E-state index contributed by atoms with van der Waals surface area (Å²) in [5, 5.41) is 0. The minimum atomic E-state index is 0.0199. The Kier molecular flexibility index (Phi) is 5.84. The first-order valence-corrected chi connectivity index (χ1v) is 9.59. The Morgan fingerprint density at radius 2 is 1.61 bits per heavy atom. The molecule has 0 saturated carbocycles. The van der Waals surface area contributed by atoms with E-state index in [2.05, 4.69) is 13.8 Å². The highest BCUT2D eigenvalue weighted by Gasteiger charge is 2.18. The van der Waals surface area contributed by atoms with Crippen molar-refractivity contribution in [3.63, 3.8) is 0 Å². The number of ether oxygens (including phenoxy) is 1. The van der Waals surface area contributed by atoms with Crippen LogP contribution < -0.4 is 10.5 Å². The molecule has 144 valence electrons.